The maximum Gasteiger partial charge on any atom is 0.392 e. The predicted molar refractivity (Wildman–Crippen MR) is 59.7 cm³/mol. The van der Waals surface area contributed by atoms with Gasteiger partial charge in [0.15, 0.2) is 0 Å². The van der Waals surface area contributed by atoms with Gasteiger partial charge in [-0.15, -0.1) is 0 Å². The zero-order chi connectivity index (χ0) is 13.5. The van der Waals surface area contributed by atoms with Crippen molar-refractivity contribution in [1.29, 1.82) is 0 Å². The highest BCUT2D eigenvalue weighted by molar-refractivity contribution is 5.73. The van der Waals surface area contributed by atoms with E-state index in [1.165, 1.54) is 0 Å². The number of carbonyl (C=O) groups is 1. The molecule has 5 heteroatoms. The van der Waals surface area contributed by atoms with E-state index in [4.69, 9.17) is 4.74 Å². The number of halogens is 3. The Bertz CT molecular complexity index is 325. The summed E-state index contributed by atoms with van der Waals surface area (Å²) in [5.41, 5.74) is 0. The lowest BCUT2D eigenvalue weighted by molar-refractivity contribution is -0.164. The van der Waals surface area contributed by atoms with E-state index >= 15 is 0 Å². The maximum absolute atomic E-state index is 12.0. The molecule has 5 atom stereocenters. The van der Waals surface area contributed by atoms with E-state index in [-0.39, 0.29) is 5.92 Å². The number of hydrogen-bond donors (Lipinski definition) is 0. The van der Waals surface area contributed by atoms with Gasteiger partial charge in [0.05, 0.1) is 18.9 Å². The molecule has 2 bridgehead atoms. The third-order valence-corrected chi connectivity index (χ3v) is 4.83. The second-order valence-corrected chi connectivity index (χ2v) is 5.75. The summed E-state index contributed by atoms with van der Waals surface area (Å²) < 4.78 is 40.6. The summed E-state index contributed by atoms with van der Waals surface area (Å²) in [6.45, 7) is 3.78. The van der Waals surface area contributed by atoms with Crippen molar-refractivity contribution in [3.63, 3.8) is 0 Å². The number of hydrogen-bond acceptors (Lipinski definition) is 2. The first kappa shape index (κ1) is 13.7. The molecule has 0 heterocycles. The molecule has 2 aliphatic carbocycles. The van der Waals surface area contributed by atoms with Gasteiger partial charge in [0.2, 0.25) is 0 Å². The smallest absolute Gasteiger partial charge is 0.392 e. The zero-order valence-corrected chi connectivity index (χ0v) is 10.7. The Kier molecular flexibility index (Phi) is 3.60. The second-order valence-electron chi connectivity index (χ2n) is 5.75. The molecule has 5 unspecified atom stereocenters. The largest absolute Gasteiger partial charge is 0.465 e. The number of ether oxygens (including phenoxy) is 1. The molecule has 0 spiro atoms. The van der Waals surface area contributed by atoms with Gasteiger partial charge in [-0.1, -0.05) is 13.8 Å². The minimum absolute atomic E-state index is 0.172. The molecule has 2 saturated carbocycles. The lowest BCUT2D eigenvalue weighted by atomic mass is 9.76. The van der Waals surface area contributed by atoms with Crippen molar-refractivity contribution in [2.75, 3.05) is 6.61 Å². The van der Waals surface area contributed by atoms with Gasteiger partial charge >= 0.3 is 12.1 Å². The Morgan fingerprint density at radius 1 is 1.22 bits per heavy atom. The van der Waals surface area contributed by atoms with E-state index < -0.39 is 25.2 Å². The molecule has 0 saturated heterocycles. The second kappa shape index (κ2) is 4.74. The van der Waals surface area contributed by atoms with Crippen LogP contribution in [0.3, 0.4) is 0 Å². The number of carbonyl (C=O) groups excluding carboxylic acids is 1. The van der Waals surface area contributed by atoms with Gasteiger partial charge in [-0.05, 0) is 36.5 Å². The van der Waals surface area contributed by atoms with Crippen LogP contribution in [0.2, 0.25) is 0 Å². The van der Waals surface area contributed by atoms with Crippen LogP contribution in [0.5, 0.6) is 0 Å². The highest BCUT2D eigenvalue weighted by Gasteiger charge is 2.51. The molecule has 2 nitrogen and oxygen atoms in total. The Morgan fingerprint density at radius 3 is 2.39 bits per heavy atom. The van der Waals surface area contributed by atoms with Gasteiger partial charge < -0.3 is 4.74 Å². The van der Waals surface area contributed by atoms with Crippen molar-refractivity contribution in [3.8, 4) is 0 Å². The summed E-state index contributed by atoms with van der Waals surface area (Å²) in [7, 11) is 0. The Balaban J connectivity index is 1.81. The fraction of sp³-hybridized carbons (Fsp3) is 0.923. The minimum Gasteiger partial charge on any atom is -0.465 e. The SMILES string of the molecule is CC1C2CC(C(=O)OCCC(F)(F)F)C(C2)C1C. The Labute approximate surface area is 105 Å². The highest BCUT2D eigenvalue weighted by Crippen LogP contribution is 2.55. The van der Waals surface area contributed by atoms with E-state index in [1.807, 2.05) is 0 Å². The van der Waals surface area contributed by atoms with E-state index in [2.05, 4.69) is 13.8 Å². The van der Waals surface area contributed by atoms with E-state index in [0.717, 1.165) is 12.8 Å². The van der Waals surface area contributed by atoms with Crippen LogP contribution in [0.25, 0.3) is 0 Å². The third kappa shape index (κ3) is 2.64. The number of fused-ring (bicyclic) bond motifs is 2. The normalized spacial score (nSPS) is 39.1. The first-order chi connectivity index (χ1) is 8.29. The van der Waals surface area contributed by atoms with Crippen molar-refractivity contribution in [2.24, 2.45) is 29.6 Å². The first-order valence-electron chi connectivity index (χ1n) is 6.53. The van der Waals surface area contributed by atoms with Crippen LogP contribution in [-0.2, 0) is 9.53 Å². The Hall–Kier alpha value is -0.740. The fourth-order valence-corrected chi connectivity index (χ4v) is 3.59. The summed E-state index contributed by atoms with van der Waals surface area (Å²) in [6, 6.07) is 0. The summed E-state index contributed by atoms with van der Waals surface area (Å²) in [5, 5.41) is 0. The lowest BCUT2D eigenvalue weighted by Crippen LogP contribution is -2.31. The monoisotopic (exact) mass is 264 g/mol. The molecule has 0 radical (unpaired) electrons. The van der Waals surface area contributed by atoms with Gasteiger partial charge in [-0.3, -0.25) is 4.79 Å². The summed E-state index contributed by atoms with van der Waals surface area (Å²) >= 11 is 0. The lowest BCUT2D eigenvalue weighted by Gasteiger charge is -2.30. The number of esters is 1. The molecule has 0 N–H and O–H groups in total. The topological polar surface area (TPSA) is 26.3 Å². The van der Waals surface area contributed by atoms with Gasteiger partial charge in [-0.25, -0.2) is 0 Å². The fourth-order valence-electron chi connectivity index (χ4n) is 3.59. The van der Waals surface area contributed by atoms with Gasteiger partial charge in [-0.2, -0.15) is 13.2 Å². The van der Waals surface area contributed by atoms with Gasteiger partial charge in [0.25, 0.3) is 0 Å². The van der Waals surface area contributed by atoms with Gasteiger partial charge in [0.1, 0.15) is 0 Å². The van der Waals surface area contributed by atoms with E-state index in [1.54, 1.807) is 0 Å². The van der Waals surface area contributed by atoms with Crippen molar-refractivity contribution in [2.45, 2.75) is 39.3 Å². The van der Waals surface area contributed by atoms with Crippen LogP contribution in [0.4, 0.5) is 13.2 Å². The summed E-state index contributed by atoms with van der Waals surface area (Å²) in [6.07, 6.45) is -3.48. The molecule has 2 rings (SSSR count). The molecule has 0 aliphatic heterocycles. The van der Waals surface area contributed by atoms with Crippen LogP contribution in [0.1, 0.15) is 33.1 Å². The summed E-state index contributed by atoms with van der Waals surface area (Å²) in [5.74, 6) is 1.35. The molecule has 104 valence electrons. The van der Waals surface area contributed by atoms with Crippen LogP contribution < -0.4 is 0 Å². The van der Waals surface area contributed by atoms with Crippen LogP contribution >= 0.6 is 0 Å². The maximum atomic E-state index is 12.0. The average Bonchev–Trinajstić information content (AvgIpc) is 2.78. The molecular formula is C13H19F3O2. The number of alkyl halides is 3. The number of rotatable bonds is 3. The highest BCUT2D eigenvalue weighted by atomic mass is 19.4. The standard InChI is InChI=1S/C13H19F3O2/c1-7-8(2)10-5-9(7)6-11(10)12(17)18-4-3-13(14,15)16/h7-11H,3-6H2,1-2H3. The quantitative estimate of drug-likeness (QED) is 0.730. The van der Waals surface area contributed by atoms with Crippen molar-refractivity contribution in [3.05, 3.63) is 0 Å². The van der Waals surface area contributed by atoms with Crippen LogP contribution in [0.15, 0.2) is 0 Å². The molecular weight excluding hydrogens is 245 g/mol. The van der Waals surface area contributed by atoms with Crippen molar-refractivity contribution in [1.82, 2.24) is 0 Å². The molecule has 2 fully saturated rings. The Morgan fingerprint density at radius 2 is 1.89 bits per heavy atom. The molecule has 0 amide bonds. The summed E-state index contributed by atoms with van der Waals surface area (Å²) in [4.78, 5) is 11.8. The molecule has 18 heavy (non-hydrogen) atoms. The average molecular weight is 264 g/mol. The molecule has 0 aromatic carbocycles. The minimum atomic E-state index is -4.25. The van der Waals surface area contributed by atoms with Crippen LogP contribution in [-0.4, -0.2) is 18.8 Å². The van der Waals surface area contributed by atoms with E-state index in [0.29, 0.717) is 23.7 Å². The molecule has 2 aliphatic rings. The molecule has 0 aromatic rings. The zero-order valence-electron chi connectivity index (χ0n) is 10.7. The van der Waals surface area contributed by atoms with Crippen molar-refractivity contribution >= 4 is 5.97 Å². The molecule has 0 aromatic heterocycles. The first-order valence-corrected chi connectivity index (χ1v) is 6.53. The third-order valence-electron chi connectivity index (χ3n) is 4.83. The van der Waals surface area contributed by atoms with Crippen molar-refractivity contribution < 1.29 is 22.7 Å². The van der Waals surface area contributed by atoms with Crippen LogP contribution in [0, 0.1) is 29.6 Å². The predicted octanol–water partition coefficient (Wildman–Crippen LogP) is 3.41. The van der Waals surface area contributed by atoms with Gasteiger partial charge in [0, 0.05) is 0 Å². The van der Waals surface area contributed by atoms with E-state index in [9.17, 15) is 18.0 Å².